The van der Waals surface area contributed by atoms with Gasteiger partial charge in [-0.15, -0.1) is 0 Å². The van der Waals surface area contributed by atoms with Gasteiger partial charge in [0.05, 0.1) is 6.20 Å². The number of hydrogen-bond donors (Lipinski definition) is 0. The first kappa shape index (κ1) is 12.4. The van der Waals surface area contributed by atoms with E-state index in [2.05, 4.69) is 10.1 Å². The average molecular weight is 256 g/mol. The molecule has 18 heavy (non-hydrogen) atoms. The third-order valence-corrected chi connectivity index (χ3v) is 2.41. The highest BCUT2D eigenvalue weighted by Crippen LogP contribution is 2.19. The van der Waals surface area contributed by atoms with Crippen LogP contribution in [0.5, 0.6) is 0 Å². The molecule has 0 fully saturated rings. The molecule has 0 amide bonds. The van der Waals surface area contributed by atoms with Gasteiger partial charge in [-0.3, -0.25) is 4.68 Å². The van der Waals surface area contributed by atoms with Crippen molar-refractivity contribution in [2.24, 2.45) is 7.05 Å². The van der Waals surface area contributed by atoms with Gasteiger partial charge < -0.3 is 4.90 Å². The standard InChI is InChI=1S/C11H11F3N4/c1-17(5-7-4-15-18(2)6-7)11-9(13)3-8(12)10(14)16-11/h3-4,6H,5H2,1-2H3. The fourth-order valence-electron chi connectivity index (χ4n) is 1.61. The van der Waals surface area contributed by atoms with Gasteiger partial charge in [0.1, 0.15) is 0 Å². The van der Waals surface area contributed by atoms with Crippen molar-refractivity contribution >= 4 is 5.82 Å². The number of aryl methyl sites for hydroxylation is 1. The van der Waals surface area contributed by atoms with Crippen LogP contribution in [0.3, 0.4) is 0 Å². The Labute approximate surface area is 102 Å². The van der Waals surface area contributed by atoms with E-state index in [0.29, 0.717) is 12.6 Å². The molecule has 0 N–H and O–H groups in total. The molecule has 96 valence electrons. The topological polar surface area (TPSA) is 34.0 Å². The maximum atomic E-state index is 13.5. The van der Waals surface area contributed by atoms with Gasteiger partial charge in [-0.25, -0.2) is 8.78 Å². The lowest BCUT2D eigenvalue weighted by Crippen LogP contribution is -2.19. The number of pyridine rings is 1. The van der Waals surface area contributed by atoms with E-state index < -0.39 is 17.6 Å². The van der Waals surface area contributed by atoms with E-state index in [1.165, 1.54) is 11.9 Å². The van der Waals surface area contributed by atoms with E-state index in [1.54, 1.807) is 24.1 Å². The highest BCUT2D eigenvalue weighted by atomic mass is 19.2. The highest BCUT2D eigenvalue weighted by molar-refractivity contribution is 5.39. The quantitative estimate of drug-likeness (QED) is 0.786. The van der Waals surface area contributed by atoms with Gasteiger partial charge in [0.15, 0.2) is 17.5 Å². The molecule has 0 unspecified atom stereocenters. The molecule has 0 saturated heterocycles. The van der Waals surface area contributed by atoms with E-state index in [0.717, 1.165) is 5.56 Å². The molecule has 2 aromatic rings. The van der Waals surface area contributed by atoms with Crippen LogP contribution in [0.15, 0.2) is 18.5 Å². The second-order valence-electron chi connectivity index (χ2n) is 3.94. The molecule has 0 atom stereocenters. The SMILES string of the molecule is CN(Cc1cnn(C)c1)c1nc(F)c(F)cc1F. The summed E-state index contributed by atoms with van der Waals surface area (Å²) in [7, 11) is 3.29. The first-order valence-electron chi connectivity index (χ1n) is 5.17. The third-order valence-electron chi connectivity index (χ3n) is 2.41. The molecule has 2 aromatic heterocycles. The molecule has 0 saturated carbocycles. The maximum Gasteiger partial charge on any atom is 0.251 e. The second kappa shape index (κ2) is 4.67. The molecule has 0 aliphatic heterocycles. The summed E-state index contributed by atoms with van der Waals surface area (Å²) in [4.78, 5) is 4.64. The molecular formula is C11H11F3N4. The Morgan fingerprint density at radius 1 is 1.28 bits per heavy atom. The normalized spacial score (nSPS) is 10.7. The Morgan fingerprint density at radius 3 is 2.61 bits per heavy atom. The van der Waals surface area contributed by atoms with Crippen LogP contribution in [0.25, 0.3) is 0 Å². The van der Waals surface area contributed by atoms with Crippen LogP contribution in [0, 0.1) is 17.6 Å². The fraction of sp³-hybridized carbons (Fsp3) is 0.273. The van der Waals surface area contributed by atoms with Crippen molar-refractivity contribution in [2.75, 3.05) is 11.9 Å². The summed E-state index contributed by atoms with van der Waals surface area (Å²) in [6.45, 7) is 0.294. The number of nitrogens with zero attached hydrogens (tertiary/aromatic N) is 4. The van der Waals surface area contributed by atoms with Gasteiger partial charge in [0.25, 0.3) is 5.95 Å². The zero-order valence-electron chi connectivity index (χ0n) is 9.86. The maximum absolute atomic E-state index is 13.5. The summed E-state index contributed by atoms with van der Waals surface area (Å²) in [6.07, 6.45) is 3.35. The lowest BCUT2D eigenvalue weighted by atomic mass is 10.3. The summed E-state index contributed by atoms with van der Waals surface area (Å²) in [5.74, 6) is -3.76. The van der Waals surface area contributed by atoms with E-state index >= 15 is 0 Å². The van der Waals surface area contributed by atoms with Crippen molar-refractivity contribution in [3.63, 3.8) is 0 Å². The number of halogens is 3. The number of anilines is 1. The zero-order chi connectivity index (χ0) is 13.3. The predicted molar refractivity (Wildman–Crippen MR) is 59.4 cm³/mol. The van der Waals surface area contributed by atoms with Crippen molar-refractivity contribution in [3.05, 3.63) is 41.6 Å². The number of aromatic nitrogens is 3. The Balaban J connectivity index is 2.23. The van der Waals surface area contributed by atoms with Gasteiger partial charge in [0, 0.05) is 38.5 Å². The van der Waals surface area contributed by atoms with Crippen molar-refractivity contribution in [1.29, 1.82) is 0 Å². The van der Waals surface area contributed by atoms with Crippen LogP contribution in [-0.2, 0) is 13.6 Å². The molecule has 4 nitrogen and oxygen atoms in total. The Morgan fingerprint density at radius 2 is 2.00 bits per heavy atom. The smallest absolute Gasteiger partial charge is 0.251 e. The lowest BCUT2D eigenvalue weighted by Gasteiger charge is -2.17. The molecule has 0 radical (unpaired) electrons. The van der Waals surface area contributed by atoms with Gasteiger partial charge >= 0.3 is 0 Å². The number of rotatable bonds is 3. The van der Waals surface area contributed by atoms with Gasteiger partial charge in [0.2, 0.25) is 0 Å². The van der Waals surface area contributed by atoms with E-state index in [4.69, 9.17) is 0 Å². The van der Waals surface area contributed by atoms with Gasteiger partial charge in [-0.1, -0.05) is 0 Å². The second-order valence-corrected chi connectivity index (χ2v) is 3.94. The minimum absolute atomic E-state index is 0.238. The van der Waals surface area contributed by atoms with Gasteiger partial charge in [-0.05, 0) is 0 Å². The Bertz CT molecular complexity index is 567. The molecule has 0 aromatic carbocycles. The summed E-state index contributed by atoms with van der Waals surface area (Å²) >= 11 is 0. The van der Waals surface area contributed by atoms with Crippen molar-refractivity contribution in [3.8, 4) is 0 Å². The first-order valence-corrected chi connectivity index (χ1v) is 5.17. The van der Waals surface area contributed by atoms with Crippen molar-refractivity contribution < 1.29 is 13.2 Å². The van der Waals surface area contributed by atoms with Crippen LogP contribution < -0.4 is 4.90 Å². The largest absolute Gasteiger partial charge is 0.353 e. The summed E-state index contributed by atoms with van der Waals surface area (Å²) in [5, 5.41) is 3.96. The summed E-state index contributed by atoms with van der Waals surface area (Å²) in [6, 6.07) is 0.484. The molecule has 2 rings (SSSR count). The van der Waals surface area contributed by atoms with Crippen LogP contribution >= 0.6 is 0 Å². The van der Waals surface area contributed by atoms with Crippen LogP contribution in [-0.4, -0.2) is 21.8 Å². The molecule has 0 bridgehead atoms. The van der Waals surface area contributed by atoms with Gasteiger partial charge in [-0.2, -0.15) is 14.5 Å². The summed E-state index contributed by atoms with van der Waals surface area (Å²) in [5.41, 5.74) is 0.811. The van der Waals surface area contributed by atoms with Crippen LogP contribution in [0.4, 0.5) is 19.0 Å². The predicted octanol–water partition coefficient (Wildman–Crippen LogP) is 1.87. The Kier molecular flexibility index (Phi) is 3.22. The zero-order valence-corrected chi connectivity index (χ0v) is 9.86. The molecule has 2 heterocycles. The molecule has 0 aliphatic carbocycles. The fourth-order valence-corrected chi connectivity index (χ4v) is 1.61. The highest BCUT2D eigenvalue weighted by Gasteiger charge is 2.15. The van der Waals surface area contributed by atoms with E-state index in [-0.39, 0.29) is 5.82 Å². The minimum Gasteiger partial charge on any atom is -0.353 e. The molecule has 0 aliphatic rings. The third kappa shape index (κ3) is 2.44. The monoisotopic (exact) mass is 256 g/mol. The van der Waals surface area contributed by atoms with Crippen molar-refractivity contribution in [1.82, 2.24) is 14.8 Å². The molecule has 0 spiro atoms. The molecular weight excluding hydrogens is 245 g/mol. The Hall–Kier alpha value is -2.05. The molecule has 7 heteroatoms. The van der Waals surface area contributed by atoms with Crippen LogP contribution in [0.1, 0.15) is 5.56 Å². The lowest BCUT2D eigenvalue weighted by molar-refractivity contribution is 0.463. The van der Waals surface area contributed by atoms with E-state index in [9.17, 15) is 13.2 Å². The first-order chi connectivity index (χ1) is 8.47. The van der Waals surface area contributed by atoms with E-state index in [1.807, 2.05) is 0 Å². The average Bonchev–Trinajstić information content (AvgIpc) is 2.69. The minimum atomic E-state index is -1.32. The van der Waals surface area contributed by atoms with Crippen LogP contribution in [0.2, 0.25) is 0 Å². The number of hydrogen-bond acceptors (Lipinski definition) is 3. The van der Waals surface area contributed by atoms with Crippen molar-refractivity contribution in [2.45, 2.75) is 6.54 Å². The summed E-state index contributed by atoms with van der Waals surface area (Å²) < 4.78 is 40.8.